The number of ether oxygens (including phenoxy) is 1. The van der Waals surface area contributed by atoms with Gasteiger partial charge in [0.2, 0.25) is 10.0 Å². The Balaban J connectivity index is 2.19. The smallest absolute Gasteiger partial charge is 0.337 e. The summed E-state index contributed by atoms with van der Waals surface area (Å²) in [6.07, 6.45) is 2.15. The Labute approximate surface area is 117 Å². The fourth-order valence-electron chi connectivity index (χ4n) is 2.13. The van der Waals surface area contributed by atoms with Crippen molar-refractivity contribution in [3.05, 3.63) is 29.8 Å². The maximum absolute atomic E-state index is 12.2. The van der Waals surface area contributed by atoms with Gasteiger partial charge in [-0.25, -0.2) is 17.9 Å². The summed E-state index contributed by atoms with van der Waals surface area (Å²) in [5.74, 6) is -0.521. The number of methoxy groups -OCH3 is 1. The molecule has 1 aliphatic rings. The number of carbonyl (C=O) groups is 1. The molecule has 0 amide bonds. The van der Waals surface area contributed by atoms with E-state index in [4.69, 9.17) is 0 Å². The Morgan fingerprint density at radius 3 is 2.35 bits per heavy atom. The van der Waals surface area contributed by atoms with Crippen LogP contribution in [0, 0.1) is 0 Å². The summed E-state index contributed by atoms with van der Waals surface area (Å²) < 4.78 is 31.5. The fourth-order valence-corrected chi connectivity index (χ4v) is 3.58. The Morgan fingerprint density at radius 2 is 1.95 bits per heavy atom. The van der Waals surface area contributed by atoms with E-state index in [0.717, 1.165) is 6.42 Å². The number of hydrogen-bond acceptors (Lipinski definition) is 5. The average molecular weight is 299 g/mol. The van der Waals surface area contributed by atoms with Gasteiger partial charge in [-0.15, -0.1) is 0 Å². The second-order valence-electron chi connectivity index (χ2n) is 4.91. The third kappa shape index (κ3) is 2.84. The van der Waals surface area contributed by atoms with Crippen molar-refractivity contribution < 1.29 is 23.1 Å². The molecule has 1 aliphatic carbocycles. The highest BCUT2D eigenvalue weighted by Crippen LogP contribution is 2.32. The van der Waals surface area contributed by atoms with Gasteiger partial charge in [0.15, 0.2) is 0 Å². The van der Waals surface area contributed by atoms with E-state index in [1.165, 1.54) is 31.4 Å². The number of hydrogen-bond donors (Lipinski definition) is 2. The molecule has 0 radical (unpaired) electrons. The van der Waals surface area contributed by atoms with Gasteiger partial charge < -0.3 is 9.84 Å². The van der Waals surface area contributed by atoms with E-state index in [1.807, 2.05) is 0 Å². The van der Waals surface area contributed by atoms with Crippen molar-refractivity contribution in [2.45, 2.75) is 29.7 Å². The molecule has 20 heavy (non-hydrogen) atoms. The molecule has 0 saturated heterocycles. The summed E-state index contributed by atoms with van der Waals surface area (Å²) in [4.78, 5) is 11.3. The molecule has 0 atom stereocenters. The summed E-state index contributed by atoms with van der Waals surface area (Å²) in [5.41, 5.74) is -0.452. The highest BCUT2D eigenvalue weighted by molar-refractivity contribution is 7.89. The first-order valence-corrected chi connectivity index (χ1v) is 7.74. The summed E-state index contributed by atoms with van der Waals surface area (Å²) in [6, 6.07) is 5.48. The maximum Gasteiger partial charge on any atom is 0.337 e. The molecule has 0 unspecified atom stereocenters. The first kappa shape index (κ1) is 15.0. The minimum absolute atomic E-state index is 0.0601. The van der Waals surface area contributed by atoms with Crippen LogP contribution in [0.15, 0.2) is 29.2 Å². The first-order valence-electron chi connectivity index (χ1n) is 6.26. The van der Waals surface area contributed by atoms with Gasteiger partial charge in [-0.3, -0.25) is 0 Å². The predicted molar refractivity (Wildman–Crippen MR) is 71.8 cm³/mol. The van der Waals surface area contributed by atoms with Crippen molar-refractivity contribution in [1.82, 2.24) is 4.72 Å². The molecular formula is C13H17NO5S. The minimum atomic E-state index is -3.70. The van der Waals surface area contributed by atoms with Crippen LogP contribution in [0.2, 0.25) is 0 Å². The van der Waals surface area contributed by atoms with Gasteiger partial charge in [-0.1, -0.05) is 0 Å². The van der Waals surface area contributed by atoms with E-state index in [9.17, 15) is 18.3 Å². The molecular weight excluding hydrogens is 282 g/mol. The zero-order valence-corrected chi connectivity index (χ0v) is 11.9. The molecule has 1 aromatic carbocycles. The Bertz CT molecular complexity index is 584. The van der Waals surface area contributed by atoms with Crippen molar-refractivity contribution in [3.8, 4) is 0 Å². The minimum Gasteiger partial charge on any atom is -0.465 e. The summed E-state index contributed by atoms with van der Waals surface area (Å²) in [7, 11) is -2.44. The number of aliphatic hydroxyl groups excluding tert-OH is 1. The number of carbonyl (C=O) groups excluding carboxylic acids is 1. The number of rotatable bonds is 5. The molecule has 0 spiro atoms. The topological polar surface area (TPSA) is 92.7 Å². The lowest BCUT2D eigenvalue weighted by molar-refractivity contribution is 0.0600. The molecule has 0 bridgehead atoms. The zero-order valence-electron chi connectivity index (χ0n) is 11.1. The zero-order chi connectivity index (χ0) is 14.8. The molecule has 0 aromatic heterocycles. The highest BCUT2D eigenvalue weighted by Gasteiger charge is 2.40. The van der Waals surface area contributed by atoms with E-state index in [1.54, 1.807) is 0 Å². The second-order valence-corrected chi connectivity index (χ2v) is 6.60. The molecule has 1 saturated carbocycles. The van der Waals surface area contributed by atoms with Crippen molar-refractivity contribution in [2.24, 2.45) is 0 Å². The van der Waals surface area contributed by atoms with E-state index in [2.05, 4.69) is 9.46 Å². The third-order valence-electron chi connectivity index (χ3n) is 3.55. The molecule has 7 heteroatoms. The second kappa shape index (κ2) is 5.51. The third-order valence-corrected chi connectivity index (χ3v) is 5.14. The largest absolute Gasteiger partial charge is 0.465 e. The van der Waals surface area contributed by atoms with E-state index < -0.39 is 21.5 Å². The van der Waals surface area contributed by atoms with Gasteiger partial charge in [-0.05, 0) is 43.5 Å². The van der Waals surface area contributed by atoms with Gasteiger partial charge in [0, 0.05) is 0 Å². The summed E-state index contributed by atoms with van der Waals surface area (Å²) >= 11 is 0. The van der Waals surface area contributed by atoms with Crippen LogP contribution in [-0.2, 0) is 14.8 Å². The van der Waals surface area contributed by atoms with Crippen LogP contribution in [0.25, 0.3) is 0 Å². The van der Waals surface area contributed by atoms with Crippen molar-refractivity contribution >= 4 is 16.0 Å². The standard InChI is InChI=1S/C13H17NO5S/c1-19-12(16)10-3-5-11(6-4-10)20(17,18)14-13(9-15)7-2-8-13/h3-6,14-15H,2,7-9H2,1H3. The van der Waals surface area contributed by atoms with Gasteiger partial charge in [0.1, 0.15) is 0 Å². The van der Waals surface area contributed by atoms with Crippen molar-refractivity contribution in [3.63, 3.8) is 0 Å². The number of aliphatic hydroxyl groups is 1. The quantitative estimate of drug-likeness (QED) is 0.779. The molecule has 6 nitrogen and oxygen atoms in total. The summed E-state index contributed by atoms with van der Waals surface area (Å²) in [6.45, 7) is -0.216. The number of esters is 1. The van der Waals surface area contributed by atoms with E-state index >= 15 is 0 Å². The van der Waals surface area contributed by atoms with Gasteiger partial charge >= 0.3 is 5.97 Å². The Morgan fingerprint density at radius 1 is 1.35 bits per heavy atom. The molecule has 110 valence electrons. The highest BCUT2D eigenvalue weighted by atomic mass is 32.2. The summed E-state index contributed by atoms with van der Waals surface area (Å²) in [5, 5.41) is 9.31. The Kier molecular flexibility index (Phi) is 4.12. The van der Waals surface area contributed by atoms with Crippen molar-refractivity contribution in [1.29, 1.82) is 0 Å². The monoisotopic (exact) mass is 299 g/mol. The van der Waals surface area contributed by atoms with Crippen LogP contribution in [0.4, 0.5) is 0 Å². The molecule has 0 heterocycles. The lowest BCUT2D eigenvalue weighted by Crippen LogP contribution is -2.55. The maximum atomic E-state index is 12.2. The molecule has 2 rings (SSSR count). The molecule has 1 aromatic rings. The van der Waals surface area contributed by atoms with Crippen LogP contribution >= 0.6 is 0 Å². The van der Waals surface area contributed by atoms with Crippen LogP contribution in [0.1, 0.15) is 29.6 Å². The van der Waals surface area contributed by atoms with Crippen LogP contribution in [0.5, 0.6) is 0 Å². The van der Waals surface area contributed by atoms with Gasteiger partial charge in [0.25, 0.3) is 0 Å². The first-order chi connectivity index (χ1) is 9.42. The molecule has 0 aliphatic heterocycles. The predicted octanol–water partition coefficient (Wildman–Crippen LogP) is 0.666. The van der Waals surface area contributed by atoms with Crippen molar-refractivity contribution in [2.75, 3.05) is 13.7 Å². The van der Waals surface area contributed by atoms with Crippen LogP contribution in [-0.4, -0.2) is 38.7 Å². The van der Waals surface area contributed by atoms with Crippen LogP contribution in [0.3, 0.4) is 0 Å². The number of sulfonamides is 1. The Hall–Kier alpha value is -1.44. The SMILES string of the molecule is COC(=O)c1ccc(S(=O)(=O)NC2(CO)CCC2)cc1. The molecule has 2 N–H and O–H groups in total. The number of benzene rings is 1. The fraction of sp³-hybridized carbons (Fsp3) is 0.462. The lowest BCUT2D eigenvalue weighted by atomic mass is 9.78. The van der Waals surface area contributed by atoms with E-state index in [-0.39, 0.29) is 17.1 Å². The average Bonchev–Trinajstić information content (AvgIpc) is 2.42. The molecule has 1 fully saturated rings. The van der Waals surface area contributed by atoms with Crippen LogP contribution < -0.4 is 4.72 Å². The van der Waals surface area contributed by atoms with Gasteiger partial charge in [0.05, 0.1) is 29.7 Å². The lowest BCUT2D eigenvalue weighted by Gasteiger charge is -2.40. The normalized spacial score (nSPS) is 17.3. The number of nitrogens with one attached hydrogen (secondary N) is 1. The van der Waals surface area contributed by atoms with E-state index in [0.29, 0.717) is 12.8 Å². The van der Waals surface area contributed by atoms with Gasteiger partial charge in [-0.2, -0.15) is 0 Å².